The van der Waals surface area contributed by atoms with Crippen LogP contribution in [0, 0.1) is 0 Å². The second-order valence-corrected chi connectivity index (χ2v) is 5.36. The van der Waals surface area contributed by atoms with Crippen LogP contribution in [0.5, 0.6) is 0 Å². The Morgan fingerprint density at radius 2 is 1.68 bits per heavy atom. The molecule has 0 atom stereocenters. The van der Waals surface area contributed by atoms with Crippen LogP contribution in [0.3, 0.4) is 0 Å². The summed E-state index contributed by atoms with van der Waals surface area (Å²) in [6.45, 7) is -0.427. The molecule has 2 aromatic rings. The van der Waals surface area contributed by atoms with E-state index in [1.54, 1.807) is 12.1 Å². The zero-order chi connectivity index (χ0) is 13.5. The van der Waals surface area contributed by atoms with E-state index in [2.05, 4.69) is 12.1 Å². The summed E-state index contributed by atoms with van der Waals surface area (Å²) in [7, 11) is 0. The fraction of sp³-hybridized carbons (Fsp3) is 0.188. The van der Waals surface area contributed by atoms with Gasteiger partial charge in [0.2, 0.25) is 0 Å². The highest BCUT2D eigenvalue weighted by atomic mass is 32.2. The highest BCUT2D eigenvalue weighted by Crippen LogP contribution is 2.18. The molecule has 0 heterocycles. The number of Topliss-reactive ketones (excluding diaryl/α,β-unsaturated/α-hetero) is 1. The van der Waals surface area contributed by atoms with Gasteiger partial charge in [-0.2, -0.15) is 0 Å². The first kappa shape index (κ1) is 13.8. The topological polar surface area (TPSA) is 37.3 Å². The predicted octanol–water partition coefficient (Wildman–Crippen LogP) is 3.20. The Labute approximate surface area is 117 Å². The molecule has 2 rings (SSSR count). The van der Waals surface area contributed by atoms with Gasteiger partial charge in [0.25, 0.3) is 0 Å². The SMILES string of the molecule is O=C(CO)c1ccc(CCSc2ccccc2)cc1. The molecule has 0 radical (unpaired) electrons. The van der Waals surface area contributed by atoms with Gasteiger partial charge >= 0.3 is 0 Å². The van der Waals surface area contributed by atoms with Crippen molar-refractivity contribution in [1.82, 2.24) is 0 Å². The van der Waals surface area contributed by atoms with Crippen molar-refractivity contribution in [1.29, 1.82) is 0 Å². The highest BCUT2D eigenvalue weighted by molar-refractivity contribution is 7.99. The van der Waals surface area contributed by atoms with E-state index >= 15 is 0 Å². The summed E-state index contributed by atoms with van der Waals surface area (Å²) >= 11 is 1.82. The molecule has 0 spiro atoms. The van der Waals surface area contributed by atoms with Gasteiger partial charge in [-0.1, -0.05) is 42.5 Å². The van der Waals surface area contributed by atoms with Gasteiger partial charge in [-0.25, -0.2) is 0 Å². The molecule has 0 saturated carbocycles. The monoisotopic (exact) mass is 272 g/mol. The molecular formula is C16H16O2S. The number of aliphatic hydroxyl groups is 1. The maximum atomic E-state index is 11.3. The molecule has 0 aromatic heterocycles. The van der Waals surface area contributed by atoms with Gasteiger partial charge < -0.3 is 5.11 Å². The summed E-state index contributed by atoms with van der Waals surface area (Å²) < 4.78 is 0. The van der Waals surface area contributed by atoms with Gasteiger partial charge in [-0.15, -0.1) is 11.8 Å². The van der Waals surface area contributed by atoms with Crippen molar-refractivity contribution >= 4 is 17.5 Å². The number of benzene rings is 2. The summed E-state index contributed by atoms with van der Waals surface area (Å²) in [6.07, 6.45) is 0.965. The normalized spacial score (nSPS) is 10.4. The minimum absolute atomic E-state index is 0.231. The molecule has 2 aromatic carbocycles. The maximum Gasteiger partial charge on any atom is 0.188 e. The number of hydrogen-bond acceptors (Lipinski definition) is 3. The van der Waals surface area contributed by atoms with E-state index in [0.717, 1.165) is 12.2 Å². The zero-order valence-corrected chi connectivity index (χ0v) is 11.4. The lowest BCUT2D eigenvalue weighted by atomic mass is 10.1. The van der Waals surface area contributed by atoms with Crippen LogP contribution in [-0.4, -0.2) is 23.2 Å². The first-order valence-corrected chi connectivity index (χ1v) is 7.19. The van der Waals surface area contributed by atoms with E-state index in [4.69, 9.17) is 5.11 Å². The van der Waals surface area contributed by atoms with Gasteiger partial charge in [0.1, 0.15) is 6.61 Å². The van der Waals surface area contributed by atoms with E-state index in [1.807, 2.05) is 42.1 Å². The quantitative estimate of drug-likeness (QED) is 0.648. The van der Waals surface area contributed by atoms with Crippen molar-refractivity contribution in [3.05, 3.63) is 65.7 Å². The van der Waals surface area contributed by atoms with E-state index < -0.39 is 6.61 Å². The lowest BCUT2D eigenvalue weighted by Gasteiger charge is -2.03. The number of thioether (sulfide) groups is 1. The first-order chi connectivity index (χ1) is 9.29. The van der Waals surface area contributed by atoms with Crippen LogP contribution >= 0.6 is 11.8 Å². The largest absolute Gasteiger partial charge is 0.388 e. The number of carbonyl (C=O) groups excluding carboxylic acids is 1. The summed E-state index contributed by atoms with van der Waals surface area (Å²) in [5.41, 5.74) is 1.78. The fourth-order valence-electron chi connectivity index (χ4n) is 1.75. The first-order valence-electron chi connectivity index (χ1n) is 6.20. The Balaban J connectivity index is 1.85. The van der Waals surface area contributed by atoms with E-state index in [0.29, 0.717) is 5.56 Å². The minimum Gasteiger partial charge on any atom is -0.388 e. The van der Waals surface area contributed by atoms with Crippen LogP contribution in [-0.2, 0) is 6.42 Å². The lowest BCUT2D eigenvalue weighted by Crippen LogP contribution is -2.04. The number of ketones is 1. The maximum absolute atomic E-state index is 11.3. The average Bonchev–Trinajstić information content (AvgIpc) is 2.48. The van der Waals surface area contributed by atoms with Crippen LogP contribution in [0.1, 0.15) is 15.9 Å². The van der Waals surface area contributed by atoms with Gasteiger partial charge in [0.15, 0.2) is 5.78 Å². The summed E-state index contributed by atoms with van der Waals surface area (Å²) in [5, 5.41) is 8.77. The van der Waals surface area contributed by atoms with Crippen LogP contribution in [0.4, 0.5) is 0 Å². The molecule has 1 N–H and O–H groups in total. The van der Waals surface area contributed by atoms with Gasteiger partial charge in [0.05, 0.1) is 0 Å². The van der Waals surface area contributed by atoms with E-state index in [1.165, 1.54) is 10.5 Å². The van der Waals surface area contributed by atoms with Crippen LogP contribution in [0.15, 0.2) is 59.5 Å². The lowest BCUT2D eigenvalue weighted by molar-refractivity contribution is 0.0904. The Morgan fingerprint density at radius 1 is 1.00 bits per heavy atom. The van der Waals surface area contributed by atoms with E-state index in [-0.39, 0.29) is 5.78 Å². The third-order valence-corrected chi connectivity index (χ3v) is 3.84. The molecule has 0 fully saturated rings. The summed E-state index contributed by atoms with van der Waals surface area (Å²) in [5.74, 6) is 0.780. The third-order valence-electron chi connectivity index (χ3n) is 2.82. The van der Waals surface area contributed by atoms with Gasteiger partial charge in [-0.05, 0) is 24.1 Å². The molecule has 0 saturated heterocycles. The zero-order valence-electron chi connectivity index (χ0n) is 10.6. The fourth-order valence-corrected chi connectivity index (χ4v) is 2.68. The van der Waals surface area contributed by atoms with Crippen LogP contribution in [0.2, 0.25) is 0 Å². The van der Waals surface area contributed by atoms with Gasteiger partial charge in [-0.3, -0.25) is 4.79 Å². The average molecular weight is 272 g/mol. The van der Waals surface area contributed by atoms with Crippen molar-refractivity contribution in [2.45, 2.75) is 11.3 Å². The molecule has 0 amide bonds. The van der Waals surface area contributed by atoms with Crippen LogP contribution < -0.4 is 0 Å². The van der Waals surface area contributed by atoms with Crippen molar-refractivity contribution in [3.63, 3.8) is 0 Å². The Hall–Kier alpha value is -1.58. The Morgan fingerprint density at radius 3 is 2.32 bits per heavy atom. The molecule has 98 valence electrons. The van der Waals surface area contributed by atoms with Crippen molar-refractivity contribution in [2.24, 2.45) is 0 Å². The molecule has 0 bridgehead atoms. The highest BCUT2D eigenvalue weighted by Gasteiger charge is 2.03. The number of hydrogen-bond donors (Lipinski definition) is 1. The summed E-state index contributed by atoms with van der Waals surface area (Å²) in [4.78, 5) is 12.5. The van der Waals surface area contributed by atoms with Gasteiger partial charge in [0, 0.05) is 16.2 Å². The van der Waals surface area contributed by atoms with E-state index in [9.17, 15) is 4.79 Å². The number of carbonyl (C=O) groups is 1. The number of aryl methyl sites for hydroxylation is 1. The van der Waals surface area contributed by atoms with Crippen LogP contribution in [0.25, 0.3) is 0 Å². The molecule has 19 heavy (non-hydrogen) atoms. The molecule has 2 nitrogen and oxygen atoms in total. The molecule has 0 aliphatic rings. The third kappa shape index (κ3) is 4.23. The standard InChI is InChI=1S/C16H16O2S/c17-12-16(18)14-8-6-13(7-9-14)10-11-19-15-4-2-1-3-5-15/h1-9,17H,10-12H2. The van der Waals surface area contributed by atoms with Crippen molar-refractivity contribution in [2.75, 3.05) is 12.4 Å². The smallest absolute Gasteiger partial charge is 0.188 e. The van der Waals surface area contributed by atoms with Crippen molar-refractivity contribution in [3.8, 4) is 0 Å². The molecule has 3 heteroatoms. The summed E-state index contributed by atoms with van der Waals surface area (Å²) in [6, 6.07) is 17.8. The minimum atomic E-state index is -0.427. The Bertz CT molecular complexity index is 520. The number of rotatable bonds is 6. The second-order valence-electron chi connectivity index (χ2n) is 4.19. The predicted molar refractivity (Wildman–Crippen MR) is 78.7 cm³/mol. The molecule has 0 aliphatic carbocycles. The second kappa shape index (κ2) is 7.12. The van der Waals surface area contributed by atoms with Crippen molar-refractivity contribution < 1.29 is 9.90 Å². The Kier molecular flexibility index (Phi) is 5.19. The number of aliphatic hydroxyl groups excluding tert-OH is 1. The molecular weight excluding hydrogens is 256 g/mol. The molecule has 0 aliphatic heterocycles. The molecule has 0 unspecified atom stereocenters.